The highest BCUT2D eigenvalue weighted by Gasteiger charge is 2.58. The topological polar surface area (TPSA) is 37.3 Å². The number of carbonyl (C=O) groups is 1. The molecule has 0 saturated heterocycles. The van der Waals surface area contributed by atoms with E-state index in [1.165, 1.54) is 44.9 Å². The minimum absolute atomic E-state index is 0.0987. The molecule has 0 radical (unpaired) electrons. The van der Waals surface area contributed by atoms with Gasteiger partial charge < -0.3 is 9.90 Å². The Morgan fingerprint density at radius 2 is 2.00 bits per heavy atom. The van der Waals surface area contributed by atoms with Crippen molar-refractivity contribution in [2.75, 3.05) is 0 Å². The van der Waals surface area contributed by atoms with Crippen molar-refractivity contribution in [3.8, 4) is 0 Å². The molecule has 140 valence electrons. The van der Waals surface area contributed by atoms with Gasteiger partial charge in [-0.1, -0.05) is 25.5 Å². The van der Waals surface area contributed by atoms with Gasteiger partial charge in [0.05, 0.1) is 6.10 Å². The zero-order valence-electron chi connectivity index (χ0n) is 16.2. The summed E-state index contributed by atoms with van der Waals surface area (Å²) in [6, 6.07) is 0. The molecular weight excluding hydrogens is 308 g/mol. The first kappa shape index (κ1) is 17.8. The summed E-state index contributed by atoms with van der Waals surface area (Å²) < 4.78 is 0. The van der Waals surface area contributed by atoms with E-state index in [0.29, 0.717) is 10.8 Å². The molecule has 2 heteroatoms. The third-order valence-corrected chi connectivity index (χ3v) is 9.15. The molecule has 0 aromatic rings. The Balaban J connectivity index is 1.54. The molecule has 3 saturated carbocycles. The van der Waals surface area contributed by atoms with Crippen LogP contribution in [0.25, 0.3) is 0 Å². The number of carbonyl (C=O) groups excluding carboxylic acids is 1. The molecule has 4 aliphatic carbocycles. The van der Waals surface area contributed by atoms with E-state index in [2.05, 4.69) is 19.9 Å². The molecule has 2 nitrogen and oxygen atoms in total. The largest absolute Gasteiger partial charge is 0.393 e. The first-order valence-corrected chi connectivity index (χ1v) is 10.8. The van der Waals surface area contributed by atoms with Gasteiger partial charge in [-0.2, -0.15) is 0 Å². The van der Waals surface area contributed by atoms with Crippen molar-refractivity contribution in [2.24, 2.45) is 34.5 Å². The van der Waals surface area contributed by atoms with Gasteiger partial charge in [0, 0.05) is 6.42 Å². The minimum Gasteiger partial charge on any atom is -0.393 e. The number of hydrogen-bond donors (Lipinski definition) is 1. The van der Waals surface area contributed by atoms with Crippen molar-refractivity contribution in [1.82, 2.24) is 0 Å². The summed E-state index contributed by atoms with van der Waals surface area (Å²) in [5, 5.41) is 10.1. The second-order valence-electron chi connectivity index (χ2n) is 10.1. The molecule has 1 N–H and O–H groups in total. The Morgan fingerprint density at radius 3 is 2.80 bits per heavy atom. The lowest BCUT2D eigenvalue weighted by Gasteiger charge is -2.58. The summed E-state index contributed by atoms with van der Waals surface area (Å²) in [5.74, 6) is 3.42. The average Bonchev–Trinajstić information content (AvgIpc) is 2.92. The van der Waals surface area contributed by atoms with E-state index in [1.807, 2.05) is 0 Å². The third-order valence-electron chi connectivity index (χ3n) is 9.15. The van der Waals surface area contributed by atoms with E-state index in [0.717, 1.165) is 55.6 Å². The smallest absolute Gasteiger partial charge is 0.119 e. The van der Waals surface area contributed by atoms with Crippen LogP contribution >= 0.6 is 0 Å². The molecule has 3 fully saturated rings. The van der Waals surface area contributed by atoms with Gasteiger partial charge in [0.25, 0.3) is 0 Å². The van der Waals surface area contributed by atoms with Gasteiger partial charge in [0.2, 0.25) is 0 Å². The van der Waals surface area contributed by atoms with Crippen LogP contribution < -0.4 is 0 Å². The normalized spacial score (nSPS) is 48.9. The standard InChI is InChI=1S/C23H36O2/c1-22-13-11-21-19(20(22)9-7-16(22)5-3-4-14-24)8-6-17-15-18(25)10-12-23(17,21)2/h6,14,16,18-21,25H,3-5,7-13,15H2,1-2H3. The second kappa shape index (κ2) is 6.51. The van der Waals surface area contributed by atoms with Crippen LogP contribution in [-0.2, 0) is 4.79 Å². The molecular formula is C23H36O2. The molecule has 0 aromatic heterocycles. The monoisotopic (exact) mass is 344 g/mol. The van der Waals surface area contributed by atoms with E-state index in [1.54, 1.807) is 5.57 Å². The van der Waals surface area contributed by atoms with Crippen LogP contribution in [0.4, 0.5) is 0 Å². The summed E-state index contributed by atoms with van der Waals surface area (Å²) in [6.07, 6.45) is 16.5. The Hall–Kier alpha value is -0.630. The number of unbranched alkanes of at least 4 members (excludes halogenated alkanes) is 1. The first-order valence-electron chi connectivity index (χ1n) is 10.8. The summed E-state index contributed by atoms with van der Waals surface area (Å²) in [4.78, 5) is 10.7. The summed E-state index contributed by atoms with van der Waals surface area (Å²) in [6.45, 7) is 5.10. The molecule has 4 aliphatic rings. The average molecular weight is 345 g/mol. The zero-order chi connectivity index (χ0) is 17.7. The van der Waals surface area contributed by atoms with Crippen LogP contribution in [0.1, 0.15) is 84.5 Å². The maximum Gasteiger partial charge on any atom is 0.119 e. The van der Waals surface area contributed by atoms with Crippen LogP contribution in [0.15, 0.2) is 11.6 Å². The fourth-order valence-electron chi connectivity index (χ4n) is 7.67. The van der Waals surface area contributed by atoms with Gasteiger partial charge in [0.1, 0.15) is 6.29 Å². The van der Waals surface area contributed by atoms with Crippen LogP contribution in [0.5, 0.6) is 0 Å². The predicted octanol–water partition coefficient (Wildman–Crippen LogP) is 5.30. The highest BCUT2D eigenvalue weighted by molar-refractivity contribution is 5.48. The number of aliphatic hydroxyl groups is 1. The molecule has 0 heterocycles. The molecule has 0 bridgehead atoms. The second-order valence-corrected chi connectivity index (χ2v) is 10.1. The van der Waals surface area contributed by atoms with Crippen molar-refractivity contribution < 1.29 is 9.90 Å². The van der Waals surface area contributed by atoms with Crippen molar-refractivity contribution in [3.63, 3.8) is 0 Å². The van der Waals surface area contributed by atoms with Crippen LogP contribution in [0.2, 0.25) is 0 Å². The fourth-order valence-corrected chi connectivity index (χ4v) is 7.67. The van der Waals surface area contributed by atoms with Crippen LogP contribution in [0, 0.1) is 34.5 Å². The number of allylic oxidation sites excluding steroid dienone is 1. The Morgan fingerprint density at radius 1 is 1.16 bits per heavy atom. The van der Waals surface area contributed by atoms with Crippen molar-refractivity contribution in [3.05, 3.63) is 11.6 Å². The first-order chi connectivity index (χ1) is 12.0. The molecule has 7 atom stereocenters. The van der Waals surface area contributed by atoms with Crippen molar-refractivity contribution >= 4 is 6.29 Å². The Kier molecular flexibility index (Phi) is 4.63. The van der Waals surface area contributed by atoms with Gasteiger partial charge in [-0.25, -0.2) is 0 Å². The van der Waals surface area contributed by atoms with Gasteiger partial charge >= 0.3 is 0 Å². The number of aliphatic hydroxyl groups excluding tert-OH is 1. The maximum absolute atomic E-state index is 10.7. The lowest BCUT2D eigenvalue weighted by atomic mass is 9.47. The van der Waals surface area contributed by atoms with Gasteiger partial charge in [-0.3, -0.25) is 0 Å². The SMILES string of the molecule is CC12CCC(O)CC1=CCC1C2CCC2(C)C(CCCC=O)CCC12. The number of fused-ring (bicyclic) bond motifs is 5. The summed E-state index contributed by atoms with van der Waals surface area (Å²) in [7, 11) is 0. The summed E-state index contributed by atoms with van der Waals surface area (Å²) in [5.41, 5.74) is 2.45. The zero-order valence-corrected chi connectivity index (χ0v) is 16.2. The molecule has 4 rings (SSSR count). The van der Waals surface area contributed by atoms with E-state index >= 15 is 0 Å². The summed E-state index contributed by atoms with van der Waals surface area (Å²) >= 11 is 0. The lowest BCUT2D eigenvalue weighted by Crippen LogP contribution is -2.50. The van der Waals surface area contributed by atoms with Crippen LogP contribution in [0.3, 0.4) is 0 Å². The van der Waals surface area contributed by atoms with E-state index in [4.69, 9.17) is 0 Å². The number of rotatable bonds is 4. The quantitative estimate of drug-likeness (QED) is 0.427. The molecule has 7 unspecified atom stereocenters. The highest BCUT2D eigenvalue weighted by Crippen LogP contribution is 2.66. The van der Waals surface area contributed by atoms with Crippen LogP contribution in [-0.4, -0.2) is 17.5 Å². The molecule has 0 aliphatic heterocycles. The van der Waals surface area contributed by atoms with Crippen molar-refractivity contribution in [2.45, 2.75) is 90.6 Å². The molecule has 0 spiro atoms. The minimum atomic E-state index is -0.0987. The maximum atomic E-state index is 10.7. The van der Waals surface area contributed by atoms with E-state index < -0.39 is 0 Å². The van der Waals surface area contributed by atoms with Gasteiger partial charge in [-0.05, 0) is 98.7 Å². The van der Waals surface area contributed by atoms with E-state index in [9.17, 15) is 9.90 Å². The molecule has 0 aromatic carbocycles. The highest BCUT2D eigenvalue weighted by atomic mass is 16.3. The lowest BCUT2D eigenvalue weighted by molar-refractivity contribution is -0.108. The van der Waals surface area contributed by atoms with Gasteiger partial charge in [0.15, 0.2) is 0 Å². The van der Waals surface area contributed by atoms with Crippen molar-refractivity contribution in [1.29, 1.82) is 0 Å². The number of aldehydes is 1. The Labute approximate surface area is 153 Å². The van der Waals surface area contributed by atoms with E-state index in [-0.39, 0.29) is 6.10 Å². The predicted molar refractivity (Wildman–Crippen MR) is 101 cm³/mol. The fraction of sp³-hybridized carbons (Fsp3) is 0.870. The molecule has 0 amide bonds. The third kappa shape index (κ3) is 2.74. The number of hydrogen-bond acceptors (Lipinski definition) is 2. The van der Waals surface area contributed by atoms with Gasteiger partial charge in [-0.15, -0.1) is 0 Å². The molecule has 25 heavy (non-hydrogen) atoms. The Bertz CT molecular complexity index is 552.